The summed E-state index contributed by atoms with van der Waals surface area (Å²) in [6.07, 6.45) is 4.90. The monoisotopic (exact) mass is 330 g/mol. The number of hydrogen-bond acceptors (Lipinski definition) is 3. The van der Waals surface area contributed by atoms with Crippen LogP contribution in [0.5, 0.6) is 0 Å². The van der Waals surface area contributed by atoms with Gasteiger partial charge >= 0.3 is 0 Å². The first kappa shape index (κ1) is 14.9. The Balaban J connectivity index is 1.81. The molecule has 1 amide bonds. The van der Waals surface area contributed by atoms with Crippen molar-refractivity contribution in [1.29, 1.82) is 0 Å². The largest absolute Gasteiger partial charge is 0.372 e. The Bertz CT molecular complexity index is 779. The van der Waals surface area contributed by atoms with Crippen LogP contribution in [0.15, 0.2) is 24.4 Å². The van der Waals surface area contributed by atoms with Crippen molar-refractivity contribution in [3.63, 3.8) is 0 Å². The summed E-state index contributed by atoms with van der Waals surface area (Å²) in [5.41, 5.74) is 2.29. The number of rotatable bonds is 2. The average Bonchev–Trinajstić information content (AvgIpc) is 2.56. The maximum atomic E-state index is 11.2. The number of likely N-dealkylation sites (tertiary alicyclic amines) is 1. The highest BCUT2D eigenvalue weighted by Gasteiger charge is 2.51. The molecule has 0 saturated carbocycles. The van der Waals surface area contributed by atoms with Crippen LogP contribution in [0.4, 0.5) is 0 Å². The van der Waals surface area contributed by atoms with E-state index < -0.39 is 0 Å². The summed E-state index contributed by atoms with van der Waals surface area (Å²) in [6.45, 7) is 4.40. The number of fused-ring (bicyclic) bond motifs is 1. The Labute approximate surface area is 140 Å². The number of amides is 1. The lowest BCUT2D eigenvalue weighted by Crippen LogP contribution is -2.55. The molecule has 0 aliphatic carbocycles. The van der Waals surface area contributed by atoms with Gasteiger partial charge in [-0.25, -0.2) is 4.98 Å². The zero-order valence-corrected chi connectivity index (χ0v) is 13.8. The van der Waals surface area contributed by atoms with E-state index >= 15 is 0 Å². The third-order valence-electron chi connectivity index (χ3n) is 5.26. The second-order valence-electron chi connectivity index (χ2n) is 6.73. The van der Waals surface area contributed by atoms with Gasteiger partial charge in [-0.05, 0) is 30.7 Å². The number of aryl methyl sites for hydroxylation is 1. The van der Waals surface area contributed by atoms with E-state index in [0.29, 0.717) is 11.8 Å². The topological polar surface area (TPSA) is 42.4 Å². The van der Waals surface area contributed by atoms with Gasteiger partial charge in [0.05, 0.1) is 12.7 Å². The SMILES string of the molecule is Cc1cccc2c(Cl)ncc(C3OCC34CCCN(C=O)C4)c12. The molecule has 2 aliphatic heterocycles. The molecule has 2 aromatic rings. The Morgan fingerprint density at radius 1 is 1.48 bits per heavy atom. The van der Waals surface area contributed by atoms with Crippen LogP contribution >= 0.6 is 11.6 Å². The summed E-state index contributed by atoms with van der Waals surface area (Å²) in [5, 5.41) is 2.64. The van der Waals surface area contributed by atoms with Crippen LogP contribution in [0.1, 0.15) is 30.1 Å². The molecule has 1 aromatic heterocycles. The number of carbonyl (C=O) groups is 1. The molecule has 4 rings (SSSR count). The van der Waals surface area contributed by atoms with Crippen molar-refractivity contribution in [2.45, 2.75) is 25.9 Å². The fourth-order valence-corrected chi connectivity index (χ4v) is 4.33. The summed E-state index contributed by atoms with van der Waals surface area (Å²) in [4.78, 5) is 17.4. The first-order valence-corrected chi connectivity index (χ1v) is 8.37. The number of benzene rings is 1. The fraction of sp³-hybridized carbons (Fsp3) is 0.444. The summed E-state index contributed by atoms with van der Waals surface area (Å²) in [5.74, 6) is 0. The Morgan fingerprint density at radius 3 is 3.09 bits per heavy atom. The van der Waals surface area contributed by atoms with E-state index in [-0.39, 0.29) is 11.5 Å². The van der Waals surface area contributed by atoms with Crippen molar-refractivity contribution in [2.75, 3.05) is 19.7 Å². The first-order valence-electron chi connectivity index (χ1n) is 7.99. The smallest absolute Gasteiger partial charge is 0.209 e. The van der Waals surface area contributed by atoms with Gasteiger partial charge in [0.1, 0.15) is 5.15 Å². The highest BCUT2D eigenvalue weighted by atomic mass is 35.5. The van der Waals surface area contributed by atoms with Crippen LogP contribution in [0, 0.1) is 12.3 Å². The number of aromatic nitrogens is 1. The predicted molar refractivity (Wildman–Crippen MR) is 89.5 cm³/mol. The minimum Gasteiger partial charge on any atom is -0.372 e. The van der Waals surface area contributed by atoms with Gasteiger partial charge in [-0.3, -0.25) is 4.79 Å². The molecule has 120 valence electrons. The van der Waals surface area contributed by atoms with Gasteiger partial charge < -0.3 is 9.64 Å². The number of piperidine rings is 1. The molecule has 0 radical (unpaired) electrons. The van der Waals surface area contributed by atoms with Crippen LogP contribution < -0.4 is 0 Å². The zero-order valence-electron chi connectivity index (χ0n) is 13.1. The van der Waals surface area contributed by atoms with E-state index in [0.717, 1.165) is 48.7 Å². The van der Waals surface area contributed by atoms with Crippen LogP contribution in [0.2, 0.25) is 5.15 Å². The van der Waals surface area contributed by atoms with Gasteiger partial charge in [-0.1, -0.05) is 29.8 Å². The molecule has 3 heterocycles. The van der Waals surface area contributed by atoms with Crippen molar-refractivity contribution < 1.29 is 9.53 Å². The predicted octanol–water partition coefficient (Wildman–Crippen LogP) is 3.51. The lowest BCUT2D eigenvalue weighted by Gasteiger charge is -2.53. The molecule has 1 aromatic carbocycles. The van der Waals surface area contributed by atoms with Crippen molar-refractivity contribution in [2.24, 2.45) is 5.41 Å². The summed E-state index contributed by atoms with van der Waals surface area (Å²) < 4.78 is 5.98. The van der Waals surface area contributed by atoms with E-state index in [2.05, 4.69) is 18.0 Å². The number of nitrogens with zero attached hydrogens (tertiary/aromatic N) is 2. The lowest BCUT2D eigenvalue weighted by molar-refractivity contribution is -0.211. The van der Waals surface area contributed by atoms with Crippen LogP contribution in [0.25, 0.3) is 10.8 Å². The Hall–Kier alpha value is -1.65. The molecule has 0 bridgehead atoms. The number of pyridine rings is 1. The highest BCUT2D eigenvalue weighted by molar-refractivity contribution is 6.34. The molecule has 1 spiro atoms. The van der Waals surface area contributed by atoms with E-state index in [1.54, 1.807) is 0 Å². The van der Waals surface area contributed by atoms with E-state index in [4.69, 9.17) is 16.3 Å². The minimum absolute atomic E-state index is 0.0152. The maximum absolute atomic E-state index is 11.2. The zero-order chi connectivity index (χ0) is 16.0. The molecule has 0 N–H and O–H groups in total. The number of ether oxygens (including phenoxy) is 1. The van der Waals surface area contributed by atoms with E-state index in [9.17, 15) is 4.79 Å². The summed E-state index contributed by atoms with van der Waals surface area (Å²) in [6, 6.07) is 6.10. The van der Waals surface area contributed by atoms with Crippen molar-refractivity contribution in [3.8, 4) is 0 Å². The normalized spacial score (nSPS) is 27.2. The molecular weight excluding hydrogens is 312 g/mol. The van der Waals surface area contributed by atoms with Gasteiger partial charge in [0.15, 0.2) is 0 Å². The average molecular weight is 331 g/mol. The highest BCUT2D eigenvalue weighted by Crippen LogP contribution is 2.53. The van der Waals surface area contributed by atoms with Crippen LogP contribution in [-0.4, -0.2) is 36.0 Å². The summed E-state index contributed by atoms with van der Waals surface area (Å²) >= 11 is 6.28. The number of carbonyl (C=O) groups excluding carboxylic acids is 1. The molecule has 2 aliphatic rings. The van der Waals surface area contributed by atoms with Gasteiger partial charge in [0.2, 0.25) is 6.41 Å². The van der Waals surface area contributed by atoms with Gasteiger partial charge in [-0.2, -0.15) is 0 Å². The number of hydrogen-bond donors (Lipinski definition) is 0. The minimum atomic E-state index is -0.0152. The first-order chi connectivity index (χ1) is 11.1. The second-order valence-corrected chi connectivity index (χ2v) is 7.09. The Morgan fingerprint density at radius 2 is 2.35 bits per heavy atom. The van der Waals surface area contributed by atoms with E-state index in [1.165, 1.54) is 5.56 Å². The lowest BCUT2D eigenvalue weighted by atomic mass is 9.69. The van der Waals surface area contributed by atoms with Gasteiger partial charge in [0.25, 0.3) is 0 Å². The van der Waals surface area contributed by atoms with Crippen molar-refractivity contribution in [3.05, 3.63) is 40.7 Å². The molecule has 5 heteroatoms. The third kappa shape index (κ3) is 2.24. The Kier molecular flexibility index (Phi) is 3.54. The molecule has 4 nitrogen and oxygen atoms in total. The molecule has 2 atom stereocenters. The fourth-order valence-electron chi connectivity index (χ4n) is 4.12. The molecule has 2 saturated heterocycles. The van der Waals surface area contributed by atoms with Crippen molar-refractivity contribution in [1.82, 2.24) is 9.88 Å². The quantitative estimate of drug-likeness (QED) is 0.625. The van der Waals surface area contributed by atoms with Crippen molar-refractivity contribution >= 4 is 28.8 Å². The van der Waals surface area contributed by atoms with Crippen LogP contribution in [-0.2, 0) is 9.53 Å². The van der Waals surface area contributed by atoms with Gasteiger partial charge in [-0.15, -0.1) is 0 Å². The molecule has 23 heavy (non-hydrogen) atoms. The summed E-state index contributed by atoms with van der Waals surface area (Å²) in [7, 11) is 0. The van der Waals surface area contributed by atoms with Gasteiger partial charge in [0, 0.05) is 35.7 Å². The number of halogens is 1. The second kappa shape index (κ2) is 5.46. The molecular formula is C18H19ClN2O2. The van der Waals surface area contributed by atoms with Crippen LogP contribution in [0.3, 0.4) is 0 Å². The van der Waals surface area contributed by atoms with E-state index in [1.807, 2.05) is 23.2 Å². The maximum Gasteiger partial charge on any atom is 0.209 e. The standard InChI is InChI=1S/C18H19ClN2O2/c1-12-4-2-5-13-15(12)14(8-20-17(13)19)16-18(10-23-16)6-3-7-21(9-18)11-22/h2,4-5,8,11,16H,3,6-7,9-10H2,1H3. The third-order valence-corrected chi connectivity index (χ3v) is 5.57. The molecule has 2 unspecified atom stereocenters. The molecule has 2 fully saturated rings.